The number of hydrogen-bond donors (Lipinski definition) is 1. The molecule has 126 valence electrons. The normalized spacial score (nSPS) is 19.8. The van der Waals surface area contributed by atoms with Crippen molar-refractivity contribution in [3.8, 4) is 17.2 Å². The average Bonchev–Trinajstić information content (AvgIpc) is 3.25. The van der Waals surface area contributed by atoms with E-state index in [1.807, 2.05) is 29.3 Å². The highest BCUT2D eigenvalue weighted by molar-refractivity contribution is 7.91. The Balaban J connectivity index is 1.80. The summed E-state index contributed by atoms with van der Waals surface area (Å²) in [6.45, 7) is 3.90. The van der Waals surface area contributed by atoms with Crippen LogP contribution in [0, 0.1) is 13.8 Å². The summed E-state index contributed by atoms with van der Waals surface area (Å²) in [6.07, 6.45) is 7.55. The maximum absolute atomic E-state index is 11.8. The van der Waals surface area contributed by atoms with Crippen LogP contribution in [0.1, 0.15) is 23.9 Å². The van der Waals surface area contributed by atoms with Crippen molar-refractivity contribution in [2.45, 2.75) is 26.3 Å². The van der Waals surface area contributed by atoms with Crippen molar-refractivity contribution < 1.29 is 8.42 Å². The molecule has 0 aliphatic carbocycles. The quantitative estimate of drug-likeness (QED) is 0.773. The van der Waals surface area contributed by atoms with E-state index in [9.17, 15) is 8.42 Å². The van der Waals surface area contributed by atoms with Crippen molar-refractivity contribution in [1.29, 1.82) is 0 Å². The summed E-state index contributed by atoms with van der Waals surface area (Å²) in [7, 11) is -2.95. The number of imidazole rings is 2. The highest BCUT2D eigenvalue weighted by atomic mass is 32.2. The highest BCUT2D eigenvalue weighted by Gasteiger charge is 2.32. The lowest BCUT2D eigenvalue weighted by Crippen LogP contribution is -2.14. The van der Waals surface area contributed by atoms with Crippen molar-refractivity contribution >= 4 is 9.84 Å². The van der Waals surface area contributed by atoms with Gasteiger partial charge in [-0.25, -0.2) is 18.4 Å². The lowest BCUT2D eigenvalue weighted by Gasteiger charge is -2.12. The van der Waals surface area contributed by atoms with Gasteiger partial charge < -0.3 is 4.98 Å². The molecule has 1 unspecified atom stereocenters. The molecule has 1 aliphatic heterocycles. The van der Waals surface area contributed by atoms with Crippen LogP contribution in [0.4, 0.5) is 0 Å². The summed E-state index contributed by atoms with van der Waals surface area (Å²) in [5.74, 6) is 1.14. The van der Waals surface area contributed by atoms with Crippen LogP contribution in [-0.4, -0.2) is 49.2 Å². The van der Waals surface area contributed by atoms with Gasteiger partial charge in [-0.3, -0.25) is 9.25 Å². The van der Waals surface area contributed by atoms with Crippen LogP contribution in [0.2, 0.25) is 0 Å². The first-order chi connectivity index (χ1) is 11.5. The van der Waals surface area contributed by atoms with Gasteiger partial charge in [-0.1, -0.05) is 0 Å². The molecule has 9 heteroatoms. The van der Waals surface area contributed by atoms with Crippen molar-refractivity contribution in [2.75, 3.05) is 11.5 Å². The van der Waals surface area contributed by atoms with Gasteiger partial charge in [0.15, 0.2) is 15.7 Å². The SMILES string of the molecule is Cc1nn(C2CCS(=O)(=O)C2)c(C)c1-n1ccnc1-c1cnc[nH]1. The number of rotatable bonds is 3. The van der Waals surface area contributed by atoms with Gasteiger partial charge in [-0.2, -0.15) is 5.10 Å². The van der Waals surface area contributed by atoms with Gasteiger partial charge in [0.2, 0.25) is 0 Å². The van der Waals surface area contributed by atoms with Crippen LogP contribution in [0.25, 0.3) is 17.2 Å². The number of sulfone groups is 1. The molecule has 24 heavy (non-hydrogen) atoms. The first-order valence-corrected chi connectivity index (χ1v) is 9.57. The summed E-state index contributed by atoms with van der Waals surface area (Å²) in [5, 5.41) is 4.61. The molecule has 1 aliphatic rings. The Labute approximate surface area is 139 Å². The molecule has 4 heterocycles. The maximum atomic E-state index is 11.8. The van der Waals surface area contributed by atoms with E-state index in [0.29, 0.717) is 6.42 Å². The van der Waals surface area contributed by atoms with E-state index < -0.39 is 9.84 Å². The zero-order valence-electron chi connectivity index (χ0n) is 13.5. The van der Waals surface area contributed by atoms with E-state index in [-0.39, 0.29) is 17.5 Å². The van der Waals surface area contributed by atoms with Crippen LogP contribution < -0.4 is 0 Å². The van der Waals surface area contributed by atoms with Crippen molar-refractivity contribution in [3.05, 3.63) is 36.3 Å². The fourth-order valence-electron chi connectivity index (χ4n) is 3.39. The third-order valence-corrected chi connectivity index (χ3v) is 6.21. The fraction of sp³-hybridized carbons (Fsp3) is 0.400. The van der Waals surface area contributed by atoms with Crippen LogP contribution in [0.5, 0.6) is 0 Å². The number of hydrogen-bond acceptors (Lipinski definition) is 5. The van der Waals surface area contributed by atoms with E-state index in [1.54, 1.807) is 18.7 Å². The third-order valence-electron chi connectivity index (χ3n) is 4.46. The summed E-state index contributed by atoms with van der Waals surface area (Å²) >= 11 is 0. The lowest BCUT2D eigenvalue weighted by molar-refractivity contribution is 0.486. The molecule has 1 fully saturated rings. The molecule has 4 rings (SSSR count). The Morgan fingerprint density at radius 3 is 2.83 bits per heavy atom. The predicted octanol–water partition coefficient (Wildman–Crippen LogP) is 1.44. The van der Waals surface area contributed by atoms with Gasteiger partial charge in [-0.15, -0.1) is 0 Å². The largest absolute Gasteiger partial charge is 0.342 e. The van der Waals surface area contributed by atoms with Gasteiger partial charge in [0.05, 0.1) is 47.1 Å². The fourth-order valence-corrected chi connectivity index (χ4v) is 5.08. The molecule has 3 aromatic rings. The highest BCUT2D eigenvalue weighted by Crippen LogP contribution is 2.30. The Kier molecular flexibility index (Phi) is 3.34. The monoisotopic (exact) mass is 346 g/mol. The molecular weight excluding hydrogens is 328 g/mol. The molecule has 0 saturated carbocycles. The molecule has 0 bridgehead atoms. The van der Waals surface area contributed by atoms with Crippen LogP contribution in [0.3, 0.4) is 0 Å². The Morgan fingerprint density at radius 1 is 1.33 bits per heavy atom. The number of aryl methyl sites for hydroxylation is 1. The second-order valence-electron chi connectivity index (χ2n) is 6.11. The predicted molar refractivity (Wildman–Crippen MR) is 88.7 cm³/mol. The number of H-pyrrole nitrogens is 1. The van der Waals surface area contributed by atoms with Crippen LogP contribution >= 0.6 is 0 Å². The molecule has 0 spiro atoms. The number of aromatic nitrogens is 6. The van der Waals surface area contributed by atoms with Crippen LogP contribution in [-0.2, 0) is 9.84 Å². The second-order valence-corrected chi connectivity index (χ2v) is 8.34. The Bertz CT molecular complexity index is 984. The molecule has 3 aromatic heterocycles. The molecule has 1 N–H and O–H groups in total. The Morgan fingerprint density at radius 2 is 2.17 bits per heavy atom. The zero-order valence-corrected chi connectivity index (χ0v) is 14.3. The van der Waals surface area contributed by atoms with Crippen molar-refractivity contribution in [2.24, 2.45) is 0 Å². The van der Waals surface area contributed by atoms with Crippen LogP contribution in [0.15, 0.2) is 24.9 Å². The molecule has 0 radical (unpaired) electrons. The summed E-state index contributed by atoms with van der Waals surface area (Å²) in [6, 6.07) is -0.0958. The Hall–Kier alpha value is -2.42. The number of aromatic amines is 1. The minimum atomic E-state index is -2.95. The zero-order chi connectivity index (χ0) is 16.9. The van der Waals surface area contributed by atoms with Gasteiger partial charge in [0.1, 0.15) is 5.69 Å². The first kappa shape index (κ1) is 15.1. The molecular formula is C15H18N6O2S. The minimum absolute atomic E-state index is 0.0958. The number of nitrogens with one attached hydrogen (secondary N) is 1. The van der Waals surface area contributed by atoms with E-state index in [0.717, 1.165) is 28.6 Å². The summed E-state index contributed by atoms with van der Waals surface area (Å²) in [4.78, 5) is 11.5. The lowest BCUT2D eigenvalue weighted by atomic mass is 10.2. The molecule has 0 aromatic carbocycles. The van der Waals surface area contributed by atoms with E-state index in [4.69, 9.17) is 0 Å². The maximum Gasteiger partial charge on any atom is 0.162 e. The van der Waals surface area contributed by atoms with E-state index >= 15 is 0 Å². The topological polar surface area (TPSA) is 98.5 Å². The smallest absolute Gasteiger partial charge is 0.162 e. The first-order valence-electron chi connectivity index (χ1n) is 7.75. The molecule has 1 saturated heterocycles. The average molecular weight is 346 g/mol. The van der Waals surface area contributed by atoms with Gasteiger partial charge in [-0.05, 0) is 20.3 Å². The van der Waals surface area contributed by atoms with Gasteiger partial charge in [0, 0.05) is 12.4 Å². The molecule has 0 amide bonds. The standard InChI is InChI=1S/C15H18N6O2S/c1-10-14(20-5-4-17-15(20)13-7-16-9-18-13)11(2)21(19-10)12-3-6-24(22,23)8-12/h4-5,7,9,12H,3,6,8H2,1-2H3,(H,16,18). The number of nitrogens with zero attached hydrogens (tertiary/aromatic N) is 5. The molecule has 1 atom stereocenters. The minimum Gasteiger partial charge on any atom is -0.342 e. The van der Waals surface area contributed by atoms with Gasteiger partial charge in [0.25, 0.3) is 0 Å². The van der Waals surface area contributed by atoms with Gasteiger partial charge >= 0.3 is 0 Å². The summed E-state index contributed by atoms with van der Waals surface area (Å²) in [5.41, 5.74) is 3.53. The van der Waals surface area contributed by atoms with Crippen molar-refractivity contribution in [3.63, 3.8) is 0 Å². The second kappa shape index (κ2) is 5.30. The van der Waals surface area contributed by atoms with E-state index in [1.165, 1.54) is 0 Å². The molecule has 8 nitrogen and oxygen atoms in total. The van der Waals surface area contributed by atoms with E-state index in [2.05, 4.69) is 20.1 Å². The summed E-state index contributed by atoms with van der Waals surface area (Å²) < 4.78 is 27.4. The van der Waals surface area contributed by atoms with Crippen molar-refractivity contribution in [1.82, 2.24) is 29.3 Å². The third kappa shape index (κ3) is 2.35.